The van der Waals surface area contributed by atoms with E-state index < -0.39 is 51.5 Å². The van der Waals surface area contributed by atoms with Crippen LogP contribution in [0.2, 0.25) is 0 Å². The first kappa shape index (κ1) is 35.8. The average molecular weight is 685 g/mol. The van der Waals surface area contributed by atoms with Crippen molar-refractivity contribution in [2.75, 3.05) is 25.9 Å². The zero-order valence-corrected chi connectivity index (χ0v) is 27.0. The number of benzene rings is 1. The van der Waals surface area contributed by atoms with Crippen LogP contribution in [0.1, 0.15) is 61.7 Å². The van der Waals surface area contributed by atoms with Crippen LogP contribution in [-0.4, -0.2) is 100 Å². The van der Waals surface area contributed by atoms with Gasteiger partial charge in [-0.1, -0.05) is 31.0 Å². The van der Waals surface area contributed by atoms with E-state index in [1.807, 2.05) is 6.07 Å². The summed E-state index contributed by atoms with van der Waals surface area (Å²) in [5, 5.41) is 6.63. The van der Waals surface area contributed by atoms with Crippen LogP contribution in [0, 0.1) is 0 Å². The summed E-state index contributed by atoms with van der Waals surface area (Å²) in [4.78, 5) is 88.4. The molecule has 0 bridgehead atoms. The van der Waals surface area contributed by atoms with Crippen LogP contribution in [0.3, 0.4) is 0 Å². The lowest BCUT2D eigenvalue weighted by atomic mass is 10.1. The second-order valence-electron chi connectivity index (χ2n) is 11.2. The average Bonchev–Trinajstić information content (AvgIpc) is 3.36. The van der Waals surface area contributed by atoms with Gasteiger partial charge in [0.1, 0.15) is 11.8 Å². The smallest absolute Gasteiger partial charge is 0.333 e. The van der Waals surface area contributed by atoms with Gasteiger partial charge < -0.3 is 20.4 Å². The molecule has 3 N–H and O–H groups in total. The van der Waals surface area contributed by atoms with Crippen molar-refractivity contribution in [2.45, 2.75) is 57.4 Å². The number of unbranched alkanes of at least 4 members (excludes halogenated alkanes) is 3. The number of likely N-dealkylation sites (N-methyl/N-ethyl adjacent to an activating group) is 1. The van der Waals surface area contributed by atoms with Crippen molar-refractivity contribution in [1.29, 1.82) is 0 Å². The molecule has 256 valence electrons. The Hall–Kier alpha value is -5.03. The highest BCUT2D eigenvalue weighted by Crippen LogP contribution is 2.24. The number of amides is 5. The van der Waals surface area contributed by atoms with Gasteiger partial charge in [-0.3, -0.25) is 38.5 Å². The van der Waals surface area contributed by atoms with Crippen LogP contribution in [0.5, 0.6) is 0 Å². The molecule has 3 aromatic rings. The maximum Gasteiger partial charge on any atom is 0.333 e. The van der Waals surface area contributed by atoms with Gasteiger partial charge in [0.25, 0.3) is 27.8 Å². The van der Waals surface area contributed by atoms with Crippen molar-refractivity contribution in [3.05, 3.63) is 48.3 Å². The molecule has 1 atom stereocenters. The maximum absolute atomic E-state index is 13.2. The molecule has 48 heavy (non-hydrogen) atoms. The Kier molecular flexibility index (Phi) is 12.1. The summed E-state index contributed by atoms with van der Waals surface area (Å²) in [6.45, 7) is 0.0326. The largest absolute Gasteiger partial charge is 0.353 e. The van der Waals surface area contributed by atoms with Crippen LogP contribution in [-0.2, 0) is 38.9 Å². The molecular formula is C31H36N6O10S. The lowest BCUT2D eigenvalue weighted by molar-refractivity contribution is -0.197. The number of pyridine rings is 2. The standard InChI is InChI=1S/C31H36N6O10S/c1-36(24(38)8-4-2-3-5-9-27(41)47-37-25(39)12-13-26(37)40)18-17-34-31(43)23(19-48(44,45)46)35-30(42)22-14-16-33-29-21(22)11-10-20-7-6-15-32-28(20)29/h6-7,10-11,14-16,23H,2-5,8-9,12-13,17-19H2,1H3,(H,34,43)(H,35,42)(H,44,45,46). The number of carbonyl (C=O) groups is 6. The van der Waals surface area contributed by atoms with E-state index in [1.165, 1.54) is 24.2 Å². The first-order valence-corrected chi connectivity index (χ1v) is 16.9. The normalized spacial score (nSPS) is 13.8. The van der Waals surface area contributed by atoms with Crippen molar-refractivity contribution in [3.8, 4) is 0 Å². The third-order valence-electron chi connectivity index (χ3n) is 7.62. The summed E-state index contributed by atoms with van der Waals surface area (Å²) in [6, 6.07) is 6.82. The van der Waals surface area contributed by atoms with Gasteiger partial charge in [-0.05, 0) is 25.0 Å². The number of nitrogens with zero attached hydrogens (tertiary/aromatic N) is 4. The number of hydrogen-bond acceptors (Lipinski definition) is 11. The number of carbonyl (C=O) groups excluding carboxylic acids is 6. The van der Waals surface area contributed by atoms with Gasteiger partial charge in [-0.2, -0.15) is 8.42 Å². The highest BCUT2D eigenvalue weighted by molar-refractivity contribution is 7.85. The minimum Gasteiger partial charge on any atom is -0.353 e. The fraction of sp³-hybridized carbons (Fsp3) is 0.419. The van der Waals surface area contributed by atoms with Gasteiger partial charge in [0, 0.05) is 69.0 Å². The van der Waals surface area contributed by atoms with E-state index in [0.29, 0.717) is 47.2 Å². The minimum atomic E-state index is -4.67. The number of imide groups is 1. The van der Waals surface area contributed by atoms with Gasteiger partial charge in [0.05, 0.1) is 16.6 Å². The van der Waals surface area contributed by atoms with Gasteiger partial charge in [-0.25, -0.2) is 4.79 Å². The third-order valence-corrected chi connectivity index (χ3v) is 8.37. The molecule has 0 radical (unpaired) electrons. The van der Waals surface area contributed by atoms with E-state index in [2.05, 4.69) is 20.6 Å². The van der Waals surface area contributed by atoms with Crippen LogP contribution < -0.4 is 10.6 Å². The Bertz CT molecular complexity index is 1820. The third kappa shape index (κ3) is 9.74. The molecule has 5 amide bonds. The Morgan fingerprint density at radius 2 is 1.65 bits per heavy atom. The second kappa shape index (κ2) is 16.2. The van der Waals surface area contributed by atoms with E-state index in [9.17, 15) is 41.7 Å². The first-order valence-electron chi connectivity index (χ1n) is 15.3. The van der Waals surface area contributed by atoms with E-state index in [1.54, 1.807) is 24.4 Å². The number of fused-ring (bicyclic) bond motifs is 3. The number of hydroxylamine groups is 2. The predicted molar refractivity (Wildman–Crippen MR) is 170 cm³/mol. The van der Waals surface area contributed by atoms with Crippen molar-refractivity contribution in [2.24, 2.45) is 0 Å². The topological polar surface area (TPSA) is 222 Å². The predicted octanol–water partition coefficient (Wildman–Crippen LogP) is 1.29. The van der Waals surface area contributed by atoms with Crippen LogP contribution in [0.4, 0.5) is 0 Å². The molecule has 2 aromatic heterocycles. The summed E-state index contributed by atoms with van der Waals surface area (Å²) >= 11 is 0. The number of rotatable bonds is 16. The van der Waals surface area contributed by atoms with Crippen molar-refractivity contribution in [1.82, 2.24) is 30.6 Å². The van der Waals surface area contributed by atoms with E-state index in [4.69, 9.17) is 4.84 Å². The summed E-state index contributed by atoms with van der Waals surface area (Å²) in [5.41, 5.74) is 1.13. The molecule has 1 aliphatic rings. The lowest BCUT2D eigenvalue weighted by Crippen LogP contribution is -2.51. The molecule has 16 nitrogen and oxygen atoms in total. The SMILES string of the molecule is CN(CCNC(=O)C(CS(=O)(=O)O)NC(=O)c1ccnc2c1ccc1cccnc12)C(=O)CCCCCCC(=O)ON1C(=O)CCC1=O. The zero-order valence-electron chi connectivity index (χ0n) is 26.2. The van der Waals surface area contributed by atoms with Crippen molar-refractivity contribution >= 4 is 67.4 Å². The molecule has 0 aliphatic carbocycles. The van der Waals surface area contributed by atoms with E-state index in [-0.39, 0.29) is 50.2 Å². The van der Waals surface area contributed by atoms with Crippen molar-refractivity contribution < 1.29 is 46.6 Å². The molecular weight excluding hydrogens is 648 g/mol. The highest BCUT2D eigenvalue weighted by atomic mass is 32.2. The van der Waals surface area contributed by atoms with E-state index >= 15 is 0 Å². The van der Waals surface area contributed by atoms with Crippen LogP contribution in [0.25, 0.3) is 21.8 Å². The molecule has 3 heterocycles. The molecule has 1 saturated heterocycles. The summed E-state index contributed by atoms with van der Waals surface area (Å²) in [7, 11) is -3.13. The molecule has 0 spiro atoms. The molecule has 17 heteroatoms. The van der Waals surface area contributed by atoms with Gasteiger partial charge in [0.15, 0.2) is 0 Å². The monoisotopic (exact) mass is 684 g/mol. The Morgan fingerprint density at radius 1 is 0.958 bits per heavy atom. The number of aromatic nitrogens is 2. The minimum absolute atomic E-state index is 0.0229. The highest BCUT2D eigenvalue weighted by Gasteiger charge is 2.32. The number of hydrogen-bond donors (Lipinski definition) is 3. The van der Waals surface area contributed by atoms with Gasteiger partial charge in [-0.15, -0.1) is 5.06 Å². The summed E-state index contributed by atoms with van der Waals surface area (Å²) in [6.07, 6.45) is 5.51. The Labute approximate surface area is 275 Å². The van der Waals surface area contributed by atoms with Gasteiger partial charge >= 0.3 is 5.97 Å². The van der Waals surface area contributed by atoms with E-state index in [0.717, 1.165) is 5.39 Å². The van der Waals surface area contributed by atoms with Gasteiger partial charge in [0.2, 0.25) is 11.8 Å². The molecule has 1 aliphatic heterocycles. The molecule has 0 saturated carbocycles. The Morgan fingerprint density at radius 3 is 2.35 bits per heavy atom. The second-order valence-corrected chi connectivity index (χ2v) is 12.7. The molecule has 4 rings (SSSR count). The zero-order chi connectivity index (χ0) is 34.8. The summed E-state index contributed by atoms with van der Waals surface area (Å²) in [5.74, 6) is -4.66. The first-order chi connectivity index (χ1) is 22.8. The fourth-order valence-corrected chi connectivity index (χ4v) is 5.73. The number of nitrogens with one attached hydrogen (secondary N) is 2. The van der Waals surface area contributed by atoms with Crippen LogP contribution >= 0.6 is 0 Å². The molecule has 1 aromatic carbocycles. The molecule has 1 fully saturated rings. The Balaban J connectivity index is 1.21. The summed E-state index contributed by atoms with van der Waals surface area (Å²) < 4.78 is 32.8. The molecule has 1 unspecified atom stereocenters. The maximum atomic E-state index is 13.2. The quantitative estimate of drug-likeness (QED) is 0.0841. The van der Waals surface area contributed by atoms with Crippen molar-refractivity contribution in [3.63, 3.8) is 0 Å². The fourth-order valence-electron chi connectivity index (χ4n) is 5.07. The van der Waals surface area contributed by atoms with Crippen LogP contribution in [0.15, 0.2) is 42.7 Å². The lowest BCUT2D eigenvalue weighted by Gasteiger charge is -2.20.